The molecular formula is C14H14N4O2. The van der Waals surface area contributed by atoms with Crippen LogP contribution in [0.25, 0.3) is 10.9 Å². The normalized spacial score (nSPS) is 14.2. The highest BCUT2D eigenvalue weighted by Crippen LogP contribution is 2.36. The Balaban J connectivity index is 1.85. The number of aromatic hydroxyl groups is 1. The molecule has 0 amide bonds. The Bertz CT molecular complexity index is 871. The number of nitrogens with zero attached hydrogens (tertiary/aromatic N) is 2. The molecule has 3 N–H and O–H groups in total. The summed E-state index contributed by atoms with van der Waals surface area (Å²) in [4.78, 5) is 16.9. The molecule has 6 heteroatoms. The van der Waals surface area contributed by atoms with Crippen molar-refractivity contribution >= 4 is 22.4 Å². The van der Waals surface area contributed by atoms with Crippen LogP contribution in [-0.2, 0) is 13.5 Å². The minimum absolute atomic E-state index is 0.0221. The predicted octanol–water partition coefficient (Wildman–Crippen LogP) is 1.59. The molecule has 0 unspecified atom stereocenters. The van der Waals surface area contributed by atoms with E-state index in [0.717, 1.165) is 35.6 Å². The number of hydrogen-bond acceptors (Lipinski definition) is 3. The number of fused-ring (bicyclic) bond motifs is 2. The van der Waals surface area contributed by atoms with Gasteiger partial charge in [0.1, 0.15) is 5.82 Å². The van der Waals surface area contributed by atoms with Crippen LogP contribution in [0.2, 0.25) is 0 Å². The third-order valence-corrected chi connectivity index (χ3v) is 3.87. The van der Waals surface area contributed by atoms with Crippen molar-refractivity contribution in [2.24, 2.45) is 7.05 Å². The zero-order chi connectivity index (χ0) is 13.9. The van der Waals surface area contributed by atoms with E-state index < -0.39 is 0 Å². The second-order valence-electron chi connectivity index (χ2n) is 5.14. The Morgan fingerprint density at radius 3 is 3.00 bits per heavy atom. The van der Waals surface area contributed by atoms with Gasteiger partial charge in [-0.05, 0) is 24.6 Å². The summed E-state index contributed by atoms with van der Waals surface area (Å²) in [5.74, 6) is 1.12. The number of nitrogens with one attached hydrogen (secondary N) is 2. The molecule has 0 radical (unpaired) electrons. The van der Waals surface area contributed by atoms with Gasteiger partial charge in [-0.25, -0.2) is 0 Å². The molecule has 0 atom stereocenters. The van der Waals surface area contributed by atoms with E-state index in [4.69, 9.17) is 0 Å². The standard InChI is InChI=1S/C14H14N4O2/c1-17-14(20)10-3-2-9(7-11(10)16-17)18-5-4-8-6-12(19)15-13(8)18/h2-3,6-7,15-16,19H,4-5H2,1H3. The first kappa shape index (κ1) is 11.2. The van der Waals surface area contributed by atoms with Gasteiger partial charge < -0.3 is 15.0 Å². The smallest absolute Gasteiger partial charge is 0.274 e. The van der Waals surface area contributed by atoms with Crippen LogP contribution in [0.15, 0.2) is 29.1 Å². The molecule has 1 aromatic carbocycles. The summed E-state index contributed by atoms with van der Waals surface area (Å²) in [6.45, 7) is 0.865. The highest BCUT2D eigenvalue weighted by molar-refractivity contribution is 5.83. The van der Waals surface area contributed by atoms with Gasteiger partial charge in [0.15, 0.2) is 5.88 Å². The molecule has 1 aliphatic heterocycles. The summed E-state index contributed by atoms with van der Waals surface area (Å²) in [6.07, 6.45) is 0.899. The maximum absolute atomic E-state index is 11.8. The van der Waals surface area contributed by atoms with Gasteiger partial charge in [-0.1, -0.05) is 0 Å². The molecule has 0 saturated carbocycles. The molecule has 4 rings (SSSR count). The maximum atomic E-state index is 11.8. The molecule has 0 bridgehead atoms. The fourth-order valence-corrected chi connectivity index (χ4v) is 2.90. The molecule has 0 aliphatic carbocycles. The average molecular weight is 270 g/mol. The zero-order valence-electron chi connectivity index (χ0n) is 11.0. The number of anilines is 2. The number of benzene rings is 1. The molecule has 0 fully saturated rings. The first-order chi connectivity index (χ1) is 9.63. The van der Waals surface area contributed by atoms with Gasteiger partial charge in [-0.15, -0.1) is 0 Å². The van der Waals surface area contributed by atoms with E-state index in [-0.39, 0.29) is 11.4 Å². The summed E-state index contributed by atoms with van der Waals surface area (Å²) in [5.41, 5.74) is 2.91. The predicted molar refractivity (Wildman–Crippen MR) is 76.7 cm³/mol. The van der Waals surface area contributed by atoms with Crippen molar-refractivity contribution in [1.82, 2.24) is 14.8 Å². The lowest BCUT2D eigenvalue weighted by Crippen LogP contribution is -2.14. The van der Waals surface area contributed by atoms with Gasteiger partial charge in [0.25, 0.3) is 5.56 Å². The highest BCUT2D eigenvalue weighted by Gasteiger charge is 2.23. The molecular weight excluding hydrogens is 256 g/mol. The lowest BCUT2D eigenvalue weighted by atomic mass is 10.2. The number of aryl methyl sites for hydroxylation is 1. The topological polar surface area (TPSA) is 77.0 Å². The molecule has 102 valence electrons. The summed E-state index contributed by atoms with van der Waals surface area (Å²) < 4.78 is 1.48. The van der Waals surface area contributed by atoms with E-state index in [1.807, 2.05) is 18.2 Å². The fraction of sp³-hybridized carbons (Fsp3) is 0.214. The fourth-order valence-electron chi connectivity index (χ4n) is 2.90. The van der Waals surface area contributed by atoms with Crippen molar-refractivity contribution in [3.05, 3.63) is 40.2 Å². The Kier molecular flexibility index (Phi) is 2.07. The van der Waals surface area contributed by atoms with Gasteiger partial charge in [-0.2, -0.15) is 0 Å². The van der Waals surface area contributed by atoms with Crippen LogP contribution < -0.4 is 10.5 Å². The summed E-state index contributed by atoms with van der Waals surface area (Å²) >= 11 is 0. The third kappa shape index (κ3) is 1.41. The first-order valence-corrected chi connectivity index (χ1v) is 6.50. The highest BCUT2D eigenvalue weighted by atomic mass is 16.3. The quantitative estimate of drug-likeness (QED) is 0.628. The molecule has 6 nitrogen and oxygen atoms in total. The number of aromatic nitrogens is 3. The van der Waals surface area contributed by atoms with Gasteiger partial charge in [-0.3, -0.25) is 14.6 Å². The van der Waals surface area contributed by atoms with Crippen molar-refractivity contribution in [2.75, 3.05) is 11.4 Å². The van der Waals surface area contributed by atoms with Crippen molar-refractivity contribution in [3.8, 4) is 5.88 Å². The Hall–Kier alpha value is -2.63. The third-order valence-electron chi connectivity index (χ3n) is 3.87. The summed E-state index contributed by atoms with van der Waals surface area (Å²) in [6, 6.07) is 7.50. The summed E-state index contributed by atoms with van der Waals surface area (Å²) in [7, 11) is 1.71. The van der Waals surface area contributed by atoms with Crippen molar-refractivity contribution in [1.29, 1.82) is 0 Å². The van der Waals surface area contributed by atoms with E-state index >= 15 is 0 Å². The monoisotopic (exact) mass is 270 g/mol. The molecule has 3 aromatic rings. The largest absolute Gasteiger partial charge is 0.495 e. The molecule has 1 aliphatic rings. The molecule has 2 aromatic heterocycles. The minimum atomic E-state index is -0.0221. The van der Waals surface area contributed by atoms with E-state index in [2.05, 4.69) is 15.0 Å². The second-order valence-corrected chi connectivity index (χ2v) is 5.14. The maximum Gasteiger partial charge on any atom is 0.274 e. The zero-order valence-corrected chi connectivity index (χ0v) is 11.0. The molecule has 0 spiro atoms. The molecule has 20 heavy (non-hydrogen) atoms. The van der Waals surface area contributed by atoms with Crippen LogP contribution in [0.4, 0.5) is 11.5 Å². The van der Waals surface area contributed by atoms with Crippen molar-refractivity contribution in [2.45, 2.75) is 6.42 Å². The van der Waals surface area contributed by atoms with E-state index in [9.17, 15) is 9.90 Å². The van der Waals surface area contributed by atoms with Crippen LogP contribution in [0.3, 0.4) is 0 Å². The number of H-pyrrole nitrogens is 2. The number of aromatic amines is 2. The van der Waals surface area contributed by atoms with Gasteiger partial charge in [0.05, 0.1) is 10.9 Å². The van der Waals surface area contributed by atoms with Gasteiger partial charge >= 0.3 is 0 Å². The van der Waals surface area contributed by atoms with Crippen molar-refractivity contribution in [3.63, 3.8) is 0 Å². The lowest BCUT2D eigenvalue weighted by Gasteiger charge is -2.18. The Morgan fingerprint density at radius 1 is 1.30 bits per heavy atom. The van der Waals surface area contributed by atoms with Crippen LogP contribution in [0, 0.1) is 0 Å². The first-order valence-electron chi connectivity index (χ1n) is 6.50. The van der Waals surface area contributed by atoms with Crippen LogP contribution in [0.1, 0.15) is 5.56 Å². The van der Waals surface area contributed by atoms with E-state index in [1.54, 1.807) is 13.1 Å². The lowest BCUT2D eigenvalue weighted by molar-refractivity contribution is 0.456. The Labute approximate surface area is 114 Å². The van der Waals surface area contributed by atoms with Gasteiger partial charge in [0, 0.05) is 30.9 Å². The van der Waals surface area contributed by atoms with E-state index in [0.29, 0.717) is 5.39 Å². The SMILES string of the molecule is Cn1[nH]c2cc(N3CCc4cc(O)[nH]c43)ccc2c1=O. The number of rotatable bonds is 1. The average Bonchev–Trinajstić information content (AvgIpc) is 3.03. The Morgan fingerprint density at radius 2 is 2.15 bits per heavy atom. The molecule has 0 saturated heterocycles. The molecule has 3 heterocycles. The van der Waals surface area contributed by atoms with Crippen LogP contribution in [0.5, 0.6) is 5.88 Å². The second kappa shape index (κ2) is 3.69. The number of hydrogen-bond donors (Lipinski definition) is 3. The summed E-state index contributed by atoms with van der Waals surface area (Å²) in [5, 5.41) is 13.3. The van der Waals surface area contributed by atoms with E-state index in [1.165, 1.54) is 4.68 Å². The van der Waals surface area contributed by atoms with Gasteiger partial charge in [0.2, 0.25) is 0 Å². The van der Waals surface area contributed by atoms with Crippen molar-refractivity contribution < 1.29 is 5.11 Å². The van der Waals surface area contributed by atoms with Crippen LogP contribution in [-0.4, -0.2) is 26.4 Å². The minimum Gasteiger partial charge on any atom is -0.495 e. The van der Waals surface area contributed by atoms with Crippen LogP contribution >= 0.6 is 0 Å².